The number of aliphatic hydroxyl groups is 1. The van der Waals surface area contributed by atoms with Crippen LogP contribution in [0.2, 0.25) is 5.02 Å². The van der Waals surface area contributed by atoms with Crippen molar-refractivity contribution >= 4 is 35.0 Å². The van der Waals surface area contributed by atoms with Crippen molar-refractivity contribution in [3.63, 3.8) is 0 Å². The van der Waals surface area contributed by atoms with E-state index in [9.17, 15) is 19.5 Å². The minimum Gasteiger partial charge on any atom is -0.394 e. The summed E-state index contributed by atoms with van der Waals surface area (Å²) in [7, 11) is 0. The summed E-state index contributed by atoms with van der Waals surface area (Å²) in [5, 5.41) is 10.5. The third-order valence-corrected chi connectivity index (χ3v) is 8.91. The lowest BCUT2D eigenvalue weighted by molar-refractivity contribution is -0.147. The van der Waals surface area contributed by atoms with Crippen LogP contribution in [-0.4, -0.2) is 76.1 Å². The highest BCUT2D eigenvalue weighted by Gasteiger charge is 2.75. The van der Waals surface area contributed by atoms with Crippen molar-refractivity contribution in [1.82, 2.24) is 9.80 Å². The van der Waals surface area contributed by atoms with E-state index in [2.05, 4.69) is 13.2 Å². The average molecular weight is 578 g/mol. The molecule has 0 saturated carbocycles. The van der Waals surface area contributed by atoms with Gasteiger partial charge in [0.1, 0.15) is 11.6 Å². The smallest absolute Gasteiger partial charge is 0.253 e. The second-order valence-electron chi connectivity index (χ2n) is 11.0. The van der Waals surface area contributed by atoms with Gasteiger partial charge in [-0.1, -0.05) is 66.2 Å². The van der Waals surface area contributed by atoms with Gasteiger partial charge in [0.05, 0.1) is 41.3 Å². The predicted molar refractivity (Wildman–Crippen MR) is 157 cm³/mol. The Morgan fingerprint density at radius 2 is 1.80 bits per heavy atom. The van der Waals surface area contributed by atoms with Crippen LogP contribution >= 0.6 is 11.6 Å². The Bertz CT molecular complexity index is 1340. The SMILES string of the molecule is C=CCN(Cc1ccccc1)C(=O)[C@@H]1[C@@H]2CCC3(O2)C(C(=O)N(CC=C)c2ccccc2Cl)N([C@H](C)CO)C(=O)[C@H]13. The van der Waals surface area contributed by atoms with E-state index in [1.807, 2.05) is 30.3 Å². The first-order chi connectivity index (χ1) is 19.8. The van der Waals surface area contributed by atoms with Gasteiger partial charge in [-0.05, 0) is 37.5 Å². The van der Waals surface area contributed by atoms with Crippen molar-refractivity contribution in [2.45, 2.75) is 50.1 Å². The zero-order valence-electron chi connectivity index (χ0n) is 23.2. The second kappa shape index (κ2) is 11.8. The van der Waals surface area contributed by atoms with Gasteiger partial charge >= 0.3 is 0 Å². The van der Waals surface area contributed by atoms with E-state index in [4.69, 9.17) is 16.3 Å². The fourth-order valence-corrected chi connectivity index (χ4v) is 7.11. The van der Waals surface area contributed by atoms with Gasteiger partial charge in [0.2, 0.25) is 11.8 Å². The van der Waals surface area contributed by atoms with Crippen LogP contribution < -0.4 is 4.90 Å². The number of nitrogens with zero attached hydrogens (tertiary/aromatic N) is 3. The Hall–Kier alpha value is -3.46. The molecule has 3 aliphatic heterocycles. The molecule has 0 radical (unpaired) electrons. The van der Waals surface area contributed by atoms with Crippen LogP contribution in [0.3, 0.4) is 0 Å². The summed E-state index contributed by atoms with van der Waals surface area (Å²) in [5.74, 6) is -2.52. The number of rotatable bonds is 11. The zero-order valence-corrected chi connectivity index (χ0v) is 24.0. The fourth-order valence-electron chi connectivity index (χ4n) is 6.87. The highest BCUT2D eigenvalue weighted by atomic mass is 35.5. The number of amides is 3. The lowest BCUT2D eigenvalue weighted by atomic mass is 9.70. The van der Waals surface area contributed by atoms with E-state index in [0.29, 0.717) is 36.6 Å². The summed E-state index contributed by atoms with van der Waals surface area (Å²) >= 11 is 6.51. The summed E-state index contributed by atoms with van der Waals surface area (Å²) in [6.45, 7) is 9.85. The maximum absolute atomic E-state index is 14.5. The van der Waals surface area contributed by atoms with Gasteiger partial charge in [-0.25, -0.2) is 0 Å². The highest BCUT2D eigenvalue weighted by Crippen LogP contribution is 2.59. The van der Waals surface area contributed by atoms with E-state index in [1.54, 1.807) is 48.2 Å². The number of ether oxygens (including phenoxy) is 1. The molecule has 3 aliphatic rings. The van der Waals surface area contributed by atoms with Gasteiger partial charge in [0.15, 0.2) is 0 Å². The summed E-state index contributed by atoms with van der Waals surface area (Å²) in [6.07, 6.45) is 3.78. The topological polar surface area (TPSA) is 90.4 Å². The number of benzene rings is 2. The van der Waals surface area contributed by atoms with Gasteiger partial charge in [0.25, 0.3) is 5.91 Å². The summed E-state index contributed by atoms with van der Waals surface area (Å²) in [4.78, 5) is 47.6. The van der Waals surface area contributed by atoms with E-state index >= 15 is 0 Å². The van der Waals surface area contributed by atoms with Crippen molar-refractivity contribution in [2.75, 3.05) is 24.6 Å². The molecule has 3 saturated heterocycles. The van der Waals surface area contributed by atoms with Gasteiger partial charge < -0.3 is 24.5 Å². The molecule has 0 aromatic heterocycles. The quantitative estimate of drug-likeness (QED) is 0.410. The third kappa shape index (κ3) is 4.88. The Labute approximate surface area is 245 Å². The first-order valence-corrected chi connectivity index (χ1v) is 14.4. The molecule has 0 aliphatic carbocycles. The molecule has 1 N–H and O–H groups in total. The van der Waals surface area contributed by atoms with E-state index in [-0.39, 0.29) is 30.9 Å². The molecule has 2 bridgehead atoms. The van der Waals surface area contributed by atoms with Crippen LogP contribution in [0.1, 0.15) is 25.3 Å². The molecule has 9 heteroatoms. The number of halogens is 1. The Kier molecular flexibility index (Phi) is 8.36. The number of anilines is 1. The Balaban J connectivity index is 1.54. The van der Waals surface area contributed by atoms with Gasteiger partial charge in [-0.3, -0.25) is 14.4 Å². The molecule has 2 unspecified atom stereocenters. The van der Waals surface area contributed by atoms with Crippen LogP contribution in [0.4, 0.5) is 5.69 Å². The van der Waals surface area contributed by atoms with Crippen molar-refractivity contribution in [3.8, 4) is 0 Å². The number of hydrogen-bond donors (Lipinski definition) is 1. The highest BCUT2D eigenvalue weighted by molar-refractivity contribution is 6.34. The average Bonchev–Trinajstić information content (AvgIpc) is 3.63. The normalized spacial score (nSPS) is 26.9. The van der Waals surface area contributed by atoms with Crippen LogP contribution in [0.15, 0.2) is 79.9 Å². The van der Waals surface area contributed by atoms with Crippen molar-refractivity contribution < 1.29 is 24.2 Å². The van der Waals surface area contributed by atoms with Crippen molar-refractivity contribution in [1.29, 1.82) is 0 Å². The molecule has 1 spiro atoms. The second-order valence-corrected chi connectivity index (χ2v) is 11.4. The number of hydrogen-bond acceptors (Lipinski definition) is 5. The molecular formula is C32H36ClN3O5. The van der Waals surface area contributed by atoms with E-state index in [0.717, 1.165) is 5.56 Å². The van der Waals surface area contributed by atoms with Crippen LogP contribution in [0.5, 0.6) is 0 Å². The van der Waals surface area contributed by atoms with Crippen molar-refractivity contribution in [3.05, 3.63) is 90.5 Å². The van der Waals surface area contributed by atoms with E-state index < -0.39 is 35.6 Å². The van der Waals surface area contributed by atoms with Crippen LogP contribution in [0.25, 0.3) is 0 Å². The molecule has 216 valence electrons. The number of para-hydroxylation sites is 1. The number of carbonyl (C=O) groups is 3. The molecule has 8 nitrogen and oxygen atoms in total. The number of likely N-dealkylation sites (tertiary alicyclic amines) is 1. The predicted octanol–water partition coefficient (Wildman–Crippen LogP) is 3.83. The van der Waals surface area contributed by atoms with Crippen molar-refractivity contribution in [2.24, 2.45) is 11.8 Å². The molecule has 3 amide bonds. The molecule has 2 aromatic carbocycles. The maximum atomic E-state index is 14.5. The Morgan fingerprint density at radius 3 is 2.46 bits per heavy atom. The standard InChI is InChI=1S/C32H36ClN3O5/c1-4-17-34(19-22-11-7-6-8-12-22)29(38)26-25-15-16-32(41-25)27(26)30(39)36(21(3)20-37)28(32)31(40)35(18-5-2)24-14-10-9-13-23(24)33/h4-14,21,25-28,37H,1-2,15-20H2,3H3/t21-,25+,26-,27+,28?,32?/m1/s1. The lowest BCUT2D eigenvalue weighted by Crippen LogP contribution is -2.58. The summed E-state index contributed by atoms with van der Waals surface area (Å²) in [5.41, 5.74) is 0.251. The molecule has 41 heavy (non-hydrogen) atoms. The monoisotopic (exact) mass is 577 g/mol. The maximum Gasteiger partial charge on any atom is 0.253 e. The first kappa shape index (κ1) is 29.0. The largest absolute Gasteiger partial charge is 0.394 e. The van der Waals surface area contributed by atoms with E-state index in [1.165, 1.54) is 9.80 Å². The minimum atomic E-state index is -1.20. The fraction of sp³-hybridized carbons (Fsp3) is 0.406. The molecule has 3 fully saturated rings. The number of fused-ring (bicyclic) bond motifs is 1. The molecule has 5 rings (SSSR count). The molecular weight excluding hydrogens is 542 g/mol. The van der Waals surface area contributed by atoms with Crippen LogP contribution in [-0.2, 0) is 25.7 Å². The number of carbonyl (C=O) groups excluding carboxylic acids is 3. The first-order valence-electron chi connectivity index (χ1n) is 14.0. The lowest BCUT2D eigenvalue weighted by Gasteiger charge is -2.38. The Morgan fingerprint density at radius 1 is 1.12 bits per heavy atom. The number of aliphatic hydroxyl groups excluding tert-OH is 1. The van der Waals surface area contributed by atoms with Gasteiger partial charge in [0, 0.05) is 19.6 Å². The molecule has 3 heterocycles. The zero-order chi connectivity index (χ0) is 29.3. The summed E-state index contributed by atoms with van der Waals surface area (Å²) < 4.78 is 6.60. The van der Waals surface area contributed by atoms with Crippen LogP contribution in [0, 0.1) is 11.8 Å². The molecule has 2 aromatic rings. The van der Waals surface area contributed by atoms with Gasteiger partial charge in [-0.2, -0.15) is 0 Å². The minimum absolute atomic E-state index is 0.158. The van der Waals surface area contributed by atoms with Gasteiger partial charge in [-0.15, -0.1) is 13.2 Å². The third-order valence-electron chi connectivity index (χ3n) is 8.59. The molecule has 6 atom stereocenters. The summed E-state index contributed by atoms with van der Waals surface area (Å²) in [6, 6.07) is 14.9.